The Bertz CT molecular complexity index is 787. The number of nitrogens with zero attached hydrogens (tertiary/aromatic N) is 3. The van der Waals surface area contributed by atoms with Crippen LogP contribution in [0.1, 0.15) is 15.9 Å². The van der Waals surface area contributed by atoms with Crippen LogP contribution in [0, 0.1) is 10.1 Å². The molecule has 0 N–H and O–H groups in total. The normalized spacial score (nSPS) is 14.9. The first-order chi connectivity index (χ1) is 12.6. The molecule has 0 radical (unpaired) electrons. The van der Waals surface area contributed by atoms with Crippen molar-refractivity contribution in [2.24, 2.45) is 0 Å². The fourth-order valence-corrected chi connectivity index (χ4v) is 3.17. The van der Waals surface area contributed by atoms with E-state index in [2.05, 4.69) is 21.8 Å². The smallest absolute Gasteiger partial charge is 0.338 e. The fraction of sp³-hybridized carbons (Fsp3) is 0.316. The van der Waals surface area contributed by atoms with E-state index in [1.165, 1.54) is 18.7 Å². The molecule has 2 aromatic carbocycles. The van der Waals surface area contributed by atoms with Gasteiger partial charge in [-0.15, -0.1) is 0 Å². The number of carbonyl (C=O) groups is 1. The lowest BCUT2D eigenvalue weighted by Gasteiger charge is -2.35. The molecule has 7 nitrogen and oxygen atoms in total. The van der Waals surface area contributed by atoms with Crippen molar-refractivity contribution in [3.63, 3.8) is 0 Å². The quantitative estimate of drug-likeness (QED) is 0.466. The molecule has 1 saturated heterocycles. The van der Waals surface area contributed by atoms with E-state index in [0.717, 1.165) is 19.6 Å². The van der Waals surface area contributed by atoms with Crippen molar-refractivity contribution in [3.05, 3.63) is 69.8 Å². The number of nitro groups is 1. The molecule has 0 atom stereocenters. The van der Waals surface area contributed by atoms with Gasteiger partial charge in [0.1, 0.15) is 5.69 Å². The van der Waals surface area contributed by atoms with E-state index >= 15 is 0 Å². The van der Waals surface area contributed by atoms with Gasteiger partial charge >= 0.3 is 5.97 Å². The predicted octanol–water partition coefficient (Wildman–Crippen LogP) is 2.70. The zero-order valence-electron chi connectivity index (χ0n) is 14.6. The molecule has 2 aromatic rings. The summed E-state index contributed by atoms with van der Waals surface area (Å²) in [5, 5.41) is 11.4. The number of benzene rings is 2. The van der Waals surface area contributed by atoms with Crippen LogP contribution < -0.4 is 4.90 Å². The van der Waals surface area contributed by atoms with Crippen molar-refractivity contribution in [2.45, 2.75) is 6.54 Å². The molecule has 0 aliphatic carbocycles. The second-order valence-electron chi connectivity index (χ2n) is 6.20. The van der Waals surface area contributed by atoms with E-state index in [4.69, 9.17) is 0 Å². The Kier molecular flexibility index (Phi) is 5.48. The van der Waals surface area contributed by atoms with Crippen molar-refractivity contribution >= 4 is 17.3 Å². The molecule has 136 valence electrons. The number of hydrogen-bond acceptors (Lipinski definition) is 6. The third-order valence-corrected chi connectivity index (χ3v) is 4.56. The van der Waals surface area contributed by atoms with E-state index in [0.29, 0.717) is 18.8 Å². The number of methoxy groups -OCH3 is 1. The maximum Gasteiger partial charge on any atom is 0.338 e. The zero-order chi connectivity index (χ0) is 18.5. The summed E-state index contributed by atoms with van der Waals surface area (Å²) in [6, 6.07) is 14.7. The molecule has 0 unspecified atom stereocenters. The number of nitro benzene ring substituents is 1. The Morgan fingerprint density at radius 3 is 2.42 bits per heavy atom. The topological polar surface area (TPSA) is 75.9 Å². The lowest BCUT2D eigenvalue weighted by Crippen LogP contribution is -2.46. The average Bonchev–Trinajstić information content (AvgIpc) is 2.68. The van der Waals surface area contributed by atoms with E-state index in [9.17, 15) is 14.9 Å². The van der Waals surface area contributed by atoms with Crippen LogP contribution in [0.3, 0.4) is 0 Å². The van der Waals surface area contributed by atoms with Gasteiger partial charge in [0.2, 0.25) is 0 Å². The highest BCUT2D eigenvalue weighted by atomic mass is 16.6. The average molecular weight is 355 g/mol. The molecule has 7 heteroatoms. The zero-order valence-corrected chi connectivity index (χ0v) is 14.6. The highest BCUT2D eigenvalue weighted by Gasteiger charge is 2.25. The Labute approximate surface area is 151 Å². The standard InChI is InChI=1S/C19H21N3O4/c1-26-19(23)16-7-8-17(18(13-16)22(24)25)21-11-9-20(10-12-21)14-15-5-3-2-4-6-15/h2-8,13H,9-12,14H2,1H3. The lowest BCUT2D eigenvalue weighted by atomic mass is 10.1. The number of esters is 1. The number of anilines is 1. The van der Waals surface area contributed by atoms with Crippen molar-refractivity contribution < 1.29 is 14.5 Å². The van der Waals surface area contributed by atoms with Gasteiger partial charge in [0.05, 0.1) is 17.6 Å². The fourth-order valence-electron chi connectivity index (χ4n) is 3.17. The Balaban J connectivity index is 1.70. The first-order valence-corrected chi connectivity index (χ1v) is 8.46. The maximum absolute atomic E-state index is 11.6. The molecule has 0 saturated carbocycles. The van der Waals surface area contributed by atoms with E-state index in [1.807, 2.05) is 23.1 Å². The number of piperazine rings is 1. The SMILES string of the molecule is COC(=O)c1ccc(N2CCN(Cc3ccccc3)CC2)c([N+](=O)[O-])c1. The van der Waals surface area contributed by atoms with Crippen LogP contribution in [-0.2, 0) is 11.3 Å². The van der Waals surface area contributed by atoms with Crippen molar-refractivity contribution in [2.75, 3.05) is 38.2 Å². The van der Waals surface area contributed by atoms with Gasteiger partial charge in [-0.05, 0) is 17.7 Å². The summed E-state index contributed by atoms with van der Waals surface area (Å²) < 4.78 is 4.65. The molecular formula is C19H21N3O4. The van der Waals surface area contributed by atoms with Crippen LogP contribution in [0.4, 0.5) is 11.4 Å². The van der Waals surface area contributed by atoms with Gasteiger partial charge in [-0.3, -0.25) is 15.0 Å². The molecule has 1 aliphatic heterocycles. The molecule has 1 heterocycles. The highest BCUT2D eigenvalue weighted by molar-refractivity contribution is 5.91. The second kappa shape index (κ2) is 7.97. The van der Waals surface area contributed by atoms with Gasteiger partial charge < -0.3 is 9.64 Å². The molecule has 1 fully saturated rings. The third kappa shape index (κ3) is 4.00. The van der Waals surface area contributed by atoms with Crippen molar-refractivity contribution in [3.8, 4) is 0 Å². The first kappa shape index (κ1) is 17.9. The van der Waals surface area contributed by atoms with Crippen LogP contribution in [0.2, 0.25) is 0 Å². The maximum atomic E-state index is 11.6. The summed E-state index contributed by atoms with van der Waals surface area (Å²) in [6.07, 6.45) is 0. The molecule has 0 bridgehead atoms. The molecule has 0 aromatic heterocycles. The van der Waals surface area contributed by atoms with E-state index in [-0.39, 0.29) is 11.3 Å². The monoisotopic (exact) mass is 355 g/mol. The Morgan fingerprint density at radius 1 is 1.12 bits per heavy atom. The highest BCUT2D eigenvalue weighted by Crippen LogP contribution is 2.30. The summed E-state index contributed by atoms with van der Waals surface area (Å²) in [5.41, 5.74) is 1.92. The minimum atomic E-state index is -0.577. The summed E-state index contributed by atoms with van der Waals surface area (Å²) >= 11 is 0. The predicted molar refractivity (Wildman–Crippen MR) is 98.4 cm³/mol. The summed E-state index contributed by atoms with van der Waals surface area (Å²) in [6.45, 7) is 3.92. The molecule has 1 aliphatic rings. The molecule has 26 heavy (non-hydrogen) atoms. The molecule has 0 spiro atoms. The number of hydrogen-bond donors (Lipinski definition) is 0. The minimum absolute atomic E-state index is 0.0654. The largest absolute Gasteiger partial charge is 0.465 e. The number of carbonyl (C=O) groups excluding carboxylic acids is 1. The molecular weight excluding hydrogens is 334 g/mol. The van der Waals surface area contributed by atoms with E-state index in [1.54, 1.807) is 12.1 Å². The number of rotatable bonds is 5. The van der Waals surface area contributed by atoms with Crippen molar-refractivity contribution in [1.29, 1.82) is 0 Å². The lowest BCUT2D eigenvalue weighted by molar-refractivity contribution is -0.384. The first-order valence-electron chi connectivity index (χ1n) is 8.46. The molecule has 3 rings (SSSR count). The van der Waals surface area contributed by atoms with Crippen LogP contribution in [0.25, 0.3) is 0 Å². The third-order valence-electron chi connectivity index (χ3n) is 4.56. The van der Waals surface area contributed by atoms with Gasteiger partial charge in [-0.1, -0.05) is 30.3 Å². The summed E-state index contributed by atoms with van der Waals surface area (Å²) in [7, 11) is 1.26. The summed E-state index contributed by atoms with van der Waals surface area (Å²) in [5.74, 6) is -0.577. The number of ether oxygens (including phenoxy) is 1. The van der Waals surface area contributed by atoms with Crippen LogP contribution in [0.15, 0.2) is 48.5 Å². The van der Waals surface area contributed by atoms with Crippen LogP contribution >= 0.6 is 0 Å². The summed E-state index contributed by atoms with van der Waals surface area (Å²) in [4.78, 5) is 27.0. The van der Waals surface area contributed by atoms with Crippen molar-refractivity contribution in [1.82, 2.24) is 4.90 Å². The van der Waals surface area contributed by atoms with Crippen LogP contribution in [-0.4, -0.2) is 49.1 Å². The van der Waals surface area contributed by atoms with Gasteiger partial charge in [-0.2, -0.15) is 0 Å². The van der Waals surface area contributed by atoms with Gasteiger partial charge in [0, 0.05) is 38.8 Å². The minimum Gasteiger partial charge on any atom is -0.465 e. The Morgan fingerprint density at radius 2 is 1.81 bits per heavy atom. The van der Waals surface area contributed by atoms with Gasteiger partial charge in [0.25, 0.3) is 5.69 Å². The van der Waals surface area contributed by atoms with Crippen LogP contribution in [0.5, 0.6) is 0 Å². The van der Waals surface area contributed by atoms with Gasteiger partial charge in [0.15, 0.2) is 0 Å². The van der Waals surface area contributed by atoms with Gasteiger partial charge in [-0.25, -0.2) is 4.79 Å². The molecule has 0 amide bonds. The van der Waals surface area contributed by atoms with E-state index < -0.39 is 10.9 Å². The Hall–Kier alpha value is -2.93. The second-order valence-corrected chi connectivity index (χ2v) is 6.20.